The molecular weight excluding hydrogens is 372 g/mol. The van der Waals surface area contributed by atoms with Gasteiger partial charge in [0.2, 0.25) is 0 Å². The van der Waals surface area contributed by atoms with E-state index in [1.165, 1.54) is 0 Å². The molecule has 0 fully saturated rings. The molecule has 1 amide bonds. The van der Waals surface area contributed by atoms with Crippen LogP contribution in [0.25, 0.3) is 0 Å². The van der Waals surface area contributed by atoms with E-state index in [0.29, 0.717) is 11.8 Å². The lowest BCUT2D eigenvalue weighted by molar-refractivity contribution is -0.123. The van der Waals surface area contributed by atoms with Crippen LogP contribution in [0.1, 0.15) is 0 Å². The molecule has 0 aliphatic rings. The second-order valence-corrected chi connectivity index (χ2v) is 5.43. The molecule has 0 aliphatic carbocycles. The highest BCUT2D eigenvalue weighted by molar-refractivity contribution is 9.10. The molecule has 0 saturated carbocycles. The molecule has 2 rings (SSSR count). The first-order valence-corrected chi connectivity index (χ1v) is 7.57. The number of amides is 1. The standard InChI is InChI=1S/C16H14BrF2NO3/c17-11-2-1-3-13(8-11)22-7-6-20-16(21)10-23-15-5-4-12(18)9-14(15)19/h1-5,8-9H,6-7,10H2,(H,20,21). The van der Waals surface area contributed by atoms with Crippen LogP contribution >= 0.6 is 15.9 Å². The van der Waals surface area contributed by atoms with Crippen molar-refractivity contribution in [2.24, 2.45) is 0 Å². The summed E-state index contributed by atoms with van der Waals surface area (Å²) in [5.41, 5.74) is 0. The second-order valence-electron chi connectivity index (χ2n) is 4.52. The van der Waals surface area contributed by atoms with Crippen LogP contribution in [-0.4, -0.2) is 25.7 Å². The highest BCUT2D eigenvalue weighted by atomic mass is 79.9. The zero-order valence-electron chi connectivity index (χ0n) is 12.0. The topological polar surface area (TPSA) is 47.6 Å². The Morgan fingerprint density at radius 2 is 1.96 bits per heavy atom. The van der Waals surface area contributed by atoms with Gasteiger partial charge < -0.3 is 14.8 Å². The Hall–Kier alpha value is -2.15. The average molecular weight is 386 g/mol. The zero-order chi connectivity index (χ0) is 16.7. The van der Waals surface area contributed by atoms with Crippen LogP contribution in [0.15, 0.2) is 46.9 Å². The lowest BCUT2D eigenvalue weighted by atomic mass is 10.3. The molecule has 4 nitrogen and oxygen atoms in total. The molecule has 0 saturated heterocycles. The maximum Gasteiger partial charge on any atom is 0.258 e. The van der Waals surface area contributed by atoms with Crippen LogP contribution in [0.5, 0.6) is 11.5 Å². The van der Waals surface area contributed by atoms with Crippen molar-refractivity contribution in [2.45, 2.75) is 0 Å². The molecule has 0 heterocycles. The lowest BCUT2D eigenvalue weighted by Crippen LogP contribution is -2.32. The number of hydrogen-bond acceptors (Lipinski definition) is 3. The lowest BCUT2D eigenvalue weighted by Gasteiger charge is -2.09. The van der Waals surface area contributed by atoms with Gasteiger partial charge in [-0.25, -0.2) is 8.78 Å². The van der Waals surface area contributed by atoms with Gasteiger partial charge >= 0.3 is 0 Å². The molecule has 0 radical (unpaired) electrons. The third-order valence-electron chi connectivity index (χ3n) is 2.74. The quantitative estimate of drug-likeness (QED) is 0.743. The average Bonchev–Trinajstić information content (AvgIpc) is 2.51. The molecule has 0 spiro atoms. The zero-order valence-corrected chi connectivity index (χ0v) is 13.6. The van der Waals surface area contributed by atoms with Gasteiger partial charge in [0.1, 0.15) is 18.2 Å². The van der Waals surface area contributed by atoms with E-state index in [1.807, 2.05) is 18.2 Å². The van der Waals surface area contributed by atoms with E-state index in [1.54, 1.807) is 6.07 Å². The van der Waals surface area contributed by atoms with Gasteiger partial charge in [-0.15, -0.1) is 0 Å². The van der Waals surface area contributed by atoms with Crippen molar-refractivity contribution in [3.8, 4) is 11.5 Å². The molecule has 23 heavy (non-hydrogen) atoms. The second kappa shape index (κ2) is 8.47. The fourth-order valence-corrected chi connectivity index (χ4v) is 2.08. The van der Waals surface area contributed by atoms with Crippen LogP contribution in [0, 0.1) is 11.6 Å². The predicted octanol–water partition coefficient (Wildman–Crippen LogP) is 3.30. The maximum atomic E-state index is 13.3. The molecule has 2 aromatic carbocycles. The Labute approximate surface area is 140 Å². The van der Waals surface area contributed by atoms with Crippen molar-refractivity contribution in [3.05, 3.63) is 58.6 Å². The first-order valence-electron chi connectivity index (χ1n) is 6.77. The molecule has 0 unspecified atom stereocenters. The first kappa shape index (κ1) is 17.2. The van der Waals surface area contributed by atoms with Crippen LogP contribution in [0.4, 0.5) is 8.78 Å². The summed E-state index contributed by atoms with van der Waals surface area (Å²) >= 11 is 3.33. The number of carbonyl (C=O) groups excluding carboxylic acids is 1. The van der Waals surface area contributed by atoms with Crippen molar-refractivity contribution >= 4 is 21.8 Å². The fraction of sp³-hybridized carbons (Fsp3) is 0.188. The summed E-state index contributed by atoms with van der Waals surface area (Å²) in [6.07, 6.45) is 0. The van der Waals surface area contributed by atoms with Gasteiger partial charge in [-0.3, -0.25) is 4.79 Å². The molecule has 0 aromatic heterocycles. The van der Waals surface area contributed by atoms with Crippen LogP contribution in [-0.2, 0) is 4.79 Å². The van der Waals surface area contributed by atoms with Crippen molar-refractivity contribution in [3.63, 3.8) is 0 Å². The molecule has 1 N–H and O–H groups in total. The normalized spacial score (nSPS) is 10.2. The Bertz CT molecular complexity index is 682. The maximum absolute atomic E-state index is 13.3. The molecule has 0 atom stereocenters. The van der Waals surface area contributed by atoms with Crippen LogP contribution in [0.3, 0.4) is 0 Å². The molecule has 0 bridgehead atoms. The van der Waals surface area contributed by atoms with E-state index in [2.05, 4.69) is 21.2 Å². The number of halogens is 3. The summed E-state index contributed by atoms with van der Waals surface area (Å²) < 4.78 is 37.4. The summed E-state index contributed by atoms with van der Waals surface area (Å²) in [4.78, 5) is 11.6. The van der Waals surface area contributed by atoms with Crippen molar-refractivity contribution in [2.75, 3.05) is 19.8 Å². The summed E-state index contributed by atoms with van der Waals surface area (Å²) in [7, 11) is 0. The van der Waals surface area contributed by atoms with Crippen molar-refractivity contribution in [1.29, 1.82) is 0 Å². The predicted molar refractivity (Wildman–Crippen MR) is 84.5 cm³/mol. The number of nitrogens with one attached hydrogen (secondary N) is 1. The van der Waals surface area contributed by atoms with E-state index >= 15 is 0 Å². The SMILES string of the molecule is O=C(COc1ccc(F)cc1F)NCCOc1cccc(Br)c1. The molecular formula is C16H14BrF2NO3. The first-order chi connectivity index (χ1) is 11.0. The Kier molecular flexibility index (Phi) is 6.34. The largest absolute Gasteiger partial charge is 0.492 e. The summed E-state index contributed by atoms with van der Waals surface area (Å²) in [6.45, 7) is 0.202. The summed E-state index contributed by atoms with van der Waals surface area (Å²) in [6, 6.07) is 10.2. The number of ether oxygens (including phenoxy) is 2. The van der Waals surface area contributed by atoms with Gasteiger partial charge in [0.15, 0.2) is 18.2 Å². The monoisotopic (exact) mass is 385 g/mol. The third kappa shape index (κ3) is 5.86. The van der Waals surface area contributed by atoms with Gasteiger partial charge in [0, 0.05) is 10.5 Å². The van der Waals surface area contributed by atoms with Gasteiger partial charge in [-0.2, -0.15) is 0 Å². The van der Waals surface area contributed by atoms with Gasteiger partial charge in [0.25, 0.3) is 5.91 Å². The molecule has 122 valence electrons. The Morgan fingerprint density at radius 3 is 2.70 bits per heavy atom. The fourth-order valence-electron chi connectivity index (χ4n) is 1.70. The van der Waals surface area contributed by atoms with Crippen LogP contribution in [0.2, 0.25) is 0 Å². The molecule has 7 heteroatoms. The number of carbonyl (C=O) groups is 1. The van der Waals surface area contributed by atoms with E-state index in [-0.39, 0.29) is 25.5 Å². The minimum atomic E-state index is -0.851. The Balaban J connectivity index is 1.67. The van der Waals surface area contributed by atoms with E-state index < -0.39 is 17.5 Å². The Morgan fingerprint density at radius 1 is 1.13 bits per heavy atom. The smallest absolute Gasteiger partial charge is 0.258 e. The third-order valence-corrected chi connectivity index (χ3v) is 3.23. The number of benzene rings is 2. The van der Waals surface area contributed by atoms with E-state index in [4.69, 9.17) is 9.47 Å². The summed E-state index contributed by atoms with van der Waals surface area (Å²) in [5, 5.41) is 2.57. The molecule has 2 aromatic rings. The van der Waals surface area contributed by atoms with Gasteiger partial charge in [-0.05, 0) is 30.3 Å². The number of rotatable bonds is 7. The highest BCUT2D eigenvalue weighted by Crippen LogP contribution is 2.18. The van der Waals surface area contributed by atoms with Gasteiger partial charge in [-0.1, -0.05) is 22.0 Å². The minimum absolute atomic E-state index is 0.174. The van der Waals surface area contributed by atoms with Crippen LogP contribution < -0.4 is 14.8 Å². The minimum Gasteiger partial charge on any atom is -0.492 e. The van der Waals surface area contributed by atoms with Crippen molar-refractivity contribution in [1.82, 2.24) is 5.32 Å². The van der Waals surface area contributed by atoms with E-state index in [0.717, 1.165) is 16.6 Å². The number of hydrogen-bond donors (Lipinski definition) is 1. The highest BCUT2D eigenvalue weighted by Gasteiger charge is 2.07. The molecule has 0 aliphatic heterocycles. The van der Waals surface area contributed by atoms with Gasteiger partial charge in [0.05, 0.1) is 6.54 Å². The summed E-state index contributed by atoms with van der Waals surface area (Å²) in [5.74, 6) is -1.48. The van der Waals surface area contributed by atoms with E-state index in [9.17, 15) is 13.6 Å². The van der Waals surface area contributed by atoms with Crippen molar-refractivity contribution < 1.29 is 23.0 Å².